The number of anilines is 1. The summed E-state index contributed by atoms with van der Waals surface area (Å²) in [6, 6.07) is 0.783. The second-order valence-corrected chi connectivity index (χ2v) is 7.24. The van der Waals surface area contributed by atoms with E-state index in [1.807, 2.05) is 11.3 Å². The van der Waals surface area contributed by atoms with Gasteiger partial charge in [0.1, 0.15) is 0 Å². The fourth-order valence-corrected chi connectivity index (χ4v) is 3.87. The maximum Gasteiger partial charge on any atom is 0.185 e. The first-order valence-corrected chi connectivity index (χ1v) is 8.49. The van der Waals surface area contributed by atoms with Crippen LogP contribution in [-0.2, 0) is 6.54 Å². The van der Waals surface area contributed by atoms with Crippen molar-refractivity contribution >= 4 is 16.5 Å². The van der Waals surface area contributed by atoms with E-state index >= 15 is 0 Å². The summed E-state index contributed by atoms with van der Waals surface area (Å²) in [4.78, 5) is 8.52. The third-order valence-electron chi connectivity index (χ3n) is 4.89. The predicted octanol–water partition coefficient (Wildman–Crippen LogP) is 3.41. The van der Waals surface area contributed by atoms with Gasteiger partial charge in [0.05, 0.1) is 0 Å². The lowest BCUT2D eigenvalue weighted by Crippen LogP contribution is -2.25. The summed E-state index contributed by atoms with van der Waals surface area (Å²) in [6.45, 7) is 8.05. The minimum Gasteiger partial charge on any atom is -0.348 e. The first-order valence-electron chi connectivity index (χ1n) is 7.68. The van der Waals surface area contributed by atoms with E-state index in [0.29, 0.717) is 5.41 Å². The molecule has 1 saturated heterocycles. The third kappa shape index (κ3) is 2.95. The molecule has 1 N–H and O–H groups in total. The van der Waals surface area contributed by atoms with Crippen LogP contribution in [0.25, 0.3) is 0 Å². The Morgan fingerprint density at radius 1 is 1.42 bits per heavy atom. The molecule has 0 aromatic carbocycles. The highest BCUT2D eigenvalue weighted by Crippen LogP contribution is 2.40. The lowest BCUT2D eigenvalue weighted by molar-refractivity contribution is 0.301. The van der Waals surface area contributed by atoms with Gasteiger partial charge < -0.3 is 10.2 Å². The Kier molecular flexibility index (Phi) is 3.81. The van der Waals surface area contributed by atoms with Crippen LogP contribution in [0.1, 0.15) is 50.8 Å². The second kappa shape index (κ2) is 5.41. The van der Waals surface area contributed by atoms with Crippen LogP contribution < -0.4 is 10.2 Å². The molecular formula is C15H25N3S. The molecule has 106 valence electrons. The molecule has 3 rings (SSSR count). The lowest BCUT2D eigenvalue weighted by Gasteiger charge is -2.26. The molecule has 1 aliphatic heterocycles. The molecule has 19 heavy (non-hydrogen) atoms. The van der Waals surface area contributed by atoms with Gasteiger partial charge in [-0.05, 0) is 37.5 Å². The molecule has 1 saturated carbocycles. The van der Waals surface area contributed by atoms with E-state index in [9.17, 15) is 0 Å². The summed E-state index contributed by atoms with van der Waals surface area (Å²) in [7, 11) is 0. The van der Waals surface area contributed by atoms with Gasteiger partial charge in [0, 0.05) is 36.8 Å². The average molecular weight is 279 g/mol. The molecule has 0 unspecified atom stereocenters. The lowest BCUT2D eigenvalue weighted by atomic mass is 9.82. The van der Waals surface area contributed by atoms with Gasteiger partial charge in [-0.1, -0.05) is 13.8 Å². The number of rotatable bonds is 6. The van der Waals surface area contributed by atoms with Crippen molar-refractivity contribution in [3.8, 4) is 0 Å². The summed E-state index contributed by atoms with van der Waals surface area (Å²) in [6.07, 6.45) is 8.69. The van der Waals surface area contributed by atoms with Gasteiger partial charge >= 0.3 is 0 Å². The van der Waals surface area contributed by atoms with Gasteiger partial charge in [0.25, 0.3) is 0 Å². The summed E-state index contributed by atoms with van der Waals surface area (Å²) in [5.74, 6) is 0. The first kappa shape index (κ1) is 13.4. The monoisotopic (exact) mass is 279 g/mol. The molecule has 2 fully saturated rings. The van der Waals surface area contributed by atoms with E-state index in [4.69, 9.17) is 0 Å². The van der Waals surface area contributed by atoms with Crippen molar-refractivity contribution in [3.63, 3.8) is 0 Å². The quantitative estimate of drug-likeness (QED) is 0.865. The zero-order chi connectivity index (χ0) is 13.3. The predicted molar refractivity (Wildman–Crippen MR) is 81.8 cm³/mol. The zero-order valence-corrected chi connectivity index (χ0v) is 12.9. The van der Waals surface area contributed by atoms with Crippen LogP contribution in [0.5, 0.6) is 0 Å². The Balaban J connectivity index is 1.59. The van der Waals surface area contributed by atoms with Crippen molar-refractivity contribution in [1.29, 1.82) is 0 Å². The Labute approximate surface area is 120 Å². The van der Waals surface area contributed by atoms with Crippen LogP contribution in [0.4, 0.5) is 5.13 Å². The number of nitrogens with one attached hydrogen (secondary N) is 1. The van der Waals surface area contributed by atoms with E-state index in [-0.39, 0.29) is 0 Å². The minimum atomic E-state index is 0.540. The molecule has 1 aliphatic carbocycles. The number of thiazole rings is 1. The van der Waals surface area contributed by atoms with E-state index in [1.165, 1.54) is 55.2 Å². The van der Waals surface area contributed by atoms with Gasteiger partial charge in [-0.2, -0.15) is 0 Å². The third-order valence-corrected chi connectivity index (χ3v) is 5.95. The highest BCUT2D eigenvalue weighted by Gasteiger charge is 2.35. The van der Waals surface area contributed by atoms with Crippen LogP contribution in [0, 0.1) is 5.41 Å². The molecule has 1 aromatic rings. The summed E-state index contributed by atoms with van der Waals surface area (Å²) in [5, 5.41) is 4.80. The van der Waals surface area contributed by atoms with Gasteiger partial charge in [-0.3, -0.25) is 0 Å². The van der Waals surface area contributed by atoms with Gasteiger partial charge in [0.2, 0.25) is 0 Å². The molecule has 0 atom stereocenters. The van der Waals surface area contributed by atoms with Gasteiger partial charge in [-0.25, -0.2) is 4.98 Å². The molecule has 0 bridgehead atoms. The molecule has 0 amide bonds. The van der Waals surface area contributed by atoms with Crippen LogP contribution in [0.2, 0.25) is 0 Å². The average Bonchev–Trinajstić information content (AvgIpc) is 3.00. The van der Waals surface area contributed by atoms with E-state index in [0.717, 1.165) is 12.6 Å². The van der Waals surface area contributed by atoms with Crippen LogP contribution >= 0.6 is 11.3 Å². The van der Waals surface area contributed by atoms with Crippen LogP contribution in [0.15, 0.2) is 6.20 Å². The second-order valence-electron chi connectivity index (χ2n) is 6.14. The minimum absolute atomic E-state index is 0.540. The first-order chi connectivity index (χ1) is 9.24. The van der Waals surface area contributed by atoms with Crippen molar-refractivity contribution in [2.24, 2.45) is 5.41 Å². The molecule has 0 radical (unpaired) electrons. The Morgan fingerprint density at radius 2 is 2.21 bits per heavy atom. The molecule has 2 heterocycles. The Hall–Kier alpha value is -0.610. The Bertz CT molecular complexity index is 421. The fraction of sp³-hybridized carbons (Fsp3) is 0.800. The standard InChI is InChI=1S/C15H25N3S/c1-3-15(4-2)7-8-18(11-15)14-17-10-13(19-14)9-16-12-5-6-12/h10,12,16H,3-9,11H2,1-2H3. The van der Waals surface area contributed by atoms with E-state index < -0.39 is 0 Å². The number of aromatic nitrogens is 1. The maximum absolute atomic E-state index is 4.64. The highest BCUT2D eigenvalue weighted by molar-refractivity contribution is 7.15. The summed E-state index contributed by atoms with van der Waals surface area (Å²) in [5.41, 5.74) is 0.540. The van der Waals surface area contributed by atoms with Gasteiger partial charge in [0.15, 0.2) is 5.13 Å². The van der Waals surface area contributed by atoms with Crippen LogP contribution in [0.3, 0.4) is 0 Å². The normalized spacial score (nSPS) is 22.1. The SMILES string of the molecule is CCC1(CC)CCN(c2ncc(CNC3CC3)s2)C1. The number of hydrogen-bond acceptors (Lipinski definition) is 4. The zero-order valence-electron chi connectivity index (χ0n) is 12.1. The van der Waals surface area contributed by atoms with E-state index in [1.54, 1.807) is 0 Å². The Morgan fingerprint density at radius 3 is 2.84 bits per heavy atom. The van der Waals surface area contributed by atoms with Crippen molar-refractivity contribution in [2.75, 3.05) is 18.0 Å². The smallest absolute Gasteiger partial charge is 0.185 e. The van der Waals surface area contributed by atoms with Crippen molar-refractivity contribution in [2.45, 2.75) is 58.5 Å². The molecule has 1 aromatic heterocycles. The molecule has 0 spiro atoms. The molecule has 4 heteroatoms. The van der Waals surface area contributed by atoms with Crippen molar-refractivity contribution in [1.82, 2.24) is 10.3 Å². The van der Waals surface area contributed by atoms with Crippen molar-refractivity contribution in [3.05, 3.63) is 11.1 Å². The van der Waals surface area contributed by atoms with E-state index in [2.05, 4.69) is 35.2 Å². The maximum atomic E-state index is 4.64. The van der Waals surface area contributed by atoms with Gasteiger partial charge in [-0.15, -0.1) is 11.3 Å². The van der Waals surface area contributed by atoms with Crippen molar-refractivity contribution < 1.29 is 0 Å². The summed E-state index contributed by atoms with van der Waals surface area (Å²) >= 11 is 1.87. The largest absolute Gasteiger partial charge is 0.348 e. The highest BCUT2D eigenvalue weighted by atomic mass is 32.1. The topological polar surface area (TPSA) is 28.2 Å². The molecule has 3 nitrogen and oxygen atoms in total. The van der Waals surface area contributed by atoms with Crippen LogP contribution in [-0.4, -0.2) is 24.1 Å². The number of hydrogen-bond donors (Lipinski definition) is 1. The number of nitrogens with zero attached hydrogens (tertiary/aromatic N) is 2. The molecular weight excluding hydrogens is 254 g/mol. The molecule has 2 aliphatic rings. The fourth-order valence-electron chi connectivity index (χ4n) is 2.98. The summed E-state index contributed by atoms with van der Waals surface area (Å²) < 4.78 is 0.